The largest absolute Gasteiger partial charge is 0.493 e. The third-order valence-electron chi connectivity index (χ3n) is 5.19. The molecular formula is C23H27N3O5. The van der Waals surface area contributed by atoms with Gasteiger partial charge in [0.15, 0.2) is 11.5 Å². The summed E-state index contributed by atoms with van der Waals surface area (Å²) >= 11 is 0. The SMILES string of the molecule is COc1ccc(C(NC(=O)C[C@@H]2NC(=O)c3ccccc3NC2=O)C(C)C)cc1OC. The van der Waals surface area contributed by atoms with Crippen LogP contribution < -0.4 is 25.4 Å². The van der Waals surface area contributed by atoms with Gasteiger partial charge in [-0.1, -0.05) is 32.0 Å². The van der Waals surface area contributed by atoms with Crippen molar-refractivity contribution in [1.29, 1.82) is 0 Å². The van der Waals surface area contributed by atoms with E-state index >= 15 is 0 Å². The Morgan fingerprint density at radius 3 is 2.45 bits per heavy atom. The molecule has 0 spiro atoms. The zero-order chi connectivity index (χ0) is 22.5. The van der Waals surface area contributed by atoms with Crippen molar-refractivity contribution in [3.05, 3.63) is 53.6 Å². The van der Waals surface area contributed by atoms with Crippen LogP contribution in [0.15, 0.2) is 42.5 Å². The van der Waals surface area contributed by atoms with E-state index in [0.717, 1.165) is 5.56 Å². The average molecular weight is 425 g/mol. The van der Waals surface area contributed by atoms with E-state index in [2.05, 4.69) is 16.0 Å². The van der Waals surface area contributed by atoms with Crippen LogP contribution in [-0.4, -0.2) is 38.0 Å². The van der Waals surface area contributed by atoms with Gasteiger partial charge in [-0.05, 0) is 35.7 Å². The van der Waals surface area contributed by atoms with Gasteiger partial charge in [0.05, 0.1) is 37.9 Å². The van der Waals surface area contributed by atoms with E-state index in [1.165, 1.54) is 0 Å². The Balaban J connectivity index is 1.74. The van der Waals surface area contributed by atoms with Crippen molar-refractivity contribution < 1.29 is 23.9 Å². The monoisotopic (exact) mass is 425 g/mol. The Bertz CT molecular complexity index is 989. The summed E-state index contributed by atoms with van der Waals surface area (Å²) in [5, 5.41) is 8.33. The minimum atomic E-state index is -0.974. The van der Waals surface area contributed by atoms with E-state index in [1.54, 1.807) is 44.6 Å². The molecule has 3 amide bonds. The van der Waals surface area contributed by atoms with Gasteiger partial charge in [0.2, 0.25) is 11.8 Å². The van der Waals surface area contributed by atoms with E-state index in [4.69, 9.17) is 9.47 Å². The van der Waals surface area contributed by atoms with Crippen LogP contribution in [0.1, 0.15) is 42.2 Å². The molecule has 31 heavy (non-hydrogen) atoms. The van der Waals surface area contributed by atoms with E-state index in [1.807, 2.05) is 26.0 Å². The molecule has 0 fully saturated rings. The summed E-state index contributed by atoms with van der Waals surface area (Å²) in [6, 6.07) is 10.9. The number of hydrogen-bond donors (Lipinski definition) is 3. The first-order valence-electron chi connectivity index (χ1n) is 10.1. The number of benzene rings is 2. The minimum absolute atomic E-state index is 0.0730. The van der Waals surface area contributed by atoms with Gasteiger partial charge in [0.25, 0.3) is 5.91 Å². The fourth-order valence-corrected chi connectivity index (χ4v) is 3.55. The molecular weight excluding hydrogens is 398 g/mol. The Morgan fingerprint density at radius 1 is 1.06 bits per heavy atom. The molecule has 1 unspecified atom stereocenters. The second kappa shape index (κ2) is 9.51. The lowest BCUT2D eigenvalue weighted by Gasteiger charge is -2.25. The highest BCUT2D eigenvalue weighted by Gasteiger charge is 2.30. The van der Waals surface area contributed by atoms with Gasteiger partial charge in [-0.25, -0.2) is 0 Å². The van der Waals surface area contributed by atoms with E-state index in [0.29, 0.717) is 22.7 Å². The molecule has 0 aliphatic carbocycles. The lowest BCUT2D eigenvalue weighted by molar-refractivity contribution is -0.126. The molecule has 164 valence electrons. The minimum Gasteiger partial charge on any atom is -0.493 e. The van der Waals surface area contributed by atoms with Gasteiger partial charge in [-0.2, -0.15) is 0 Å². The maximum atomic E-state index is 12.8. The molecule has 1 heterocycles. The predicted octanol–water partition coefficient (Wildman–Crippen LogP) is 2.66. The lowest BCUT2D eigenvalue weighted by atomic mass is 9.95. The molecule has 1 aliphatic heterocycles. The smallest absolute Gasteiger partial charge is 0.254 e. The van der Waals surface area contributed by atoms with Gasteiger partial charge in [-0.3, -0.25) is 14.4 Å². The molecule has 0 radical (unpaired) electrons. The number of nitrogens with one attached hydrogen (secondary N) is 3. The van der Waals surface area contributed by atoms with Crippen LogP contribution in [0.2, 0.25) is 0 Å². The number of rotatable bonds is 7. The van der Waals surface area contributed by atoms with Crippen molar-refractivity contribution >= 4 is 23.4 Å². The molecule has 0 aromatic heterocycles. The summed E-state index contributed by atoms with van der Waals surface area (Å²) < 4.78 is 10.6. The van der Waals surface area contributed by atoms with E-state index in [9.17, 15) is 14.4 Å². The molecule has 0 bridgehead atoms. The van der Waals surface area contributed by atoms with Crippen molar-refractivity contribution in [2.24, 2.45) is 5.92 Å². The van der Waals surface area contributed by atoms with Crippen LogP contribution in [0, 0.1) is 5.92 Å². The average Bonchev–Trinajstić information content (AvgIpc) is 2.87. The second-order valence-corrected chi connectivity index (χ2v) is 7.67. The zero-order valence-electron chi connectivity index (χ0n) is 18.0. The molecule has 0 saturated carbocycles. The highest BCUT2D eigenvalue weighted by molar-refractivity contribution is 6.10. The topological polar surface area (TPSA) is 106 Å². The van der Waals surface area contributed by atoms with E-state index in [-0.39, 0.29) is 24.3 Å². The molecule has 0 saturated heterocycles. The Morgan fingerprint density at radius 2 is 1.77 bits per heavy atom. The molecule has 2 atom stereocenters. The van der Waals surface area contributed by atoms with Crippen LogP contribution >= 0.6 is 0 Å². The standard InChI is InChI=1S/C23H27N3O5/c1-13(2)21(14-9-10-18(30-3)19(11-14)31-4)26-20(27)12-17-23(29)24-16-8-6-5-7-15(16)22(28)25-17/h5-11,13,17,21H,12H2,1-4H3,(H,24,29)(H,25,28)(H,26,27)/t17-,21?/m0/s1. The Labute approximate surface area is 181 Å². The second-order valence-electron chi connectivity index (χ2n) is 7.67. The van der Waals surface area contributed by atoms with Crippen LogP contribution in [0.4, 0.5) is 5.69 Å². The number of carbonyl (C=O) groups excluding carboxylic acids is 3. The number of hydrogen-bond acceptors (Lipinski definition) is 5. The molecule has 3 rings (SSSR count). The van der Waals surface area contributed by atoms with Gasteiger partial charge < -0.3 is 25.4 Å². The fourth-order valence-electron chi connectivity index (χ4n) is 3.55. The summed E-state index contributed by atoms with van der Waals surface area (Å²) in [5.41, 5.74) is 1.64. The summed E-state index contributed by atoms with van der Waals surface area (Å²) in [6.07, 6.45) is -0.179. The Hall–Kier alpha value is -3.55. The first kappa shape index (κ1) is 22.1. The van der Waals surface area contributed by atoms with Crippen molar-refractivity contribution in [2.75, 3.05) is 19.5 Å². The van der Waals surface area contributed by atoms with Crippen LogP contribution in [0.3, 0.4) is 0 Å². The van der Waals surface area contributed by atoms with Gasteiger partial charge in [0.1, 0.15) is 6.04 Å². The number of carbonyl (C=O) groups is 3. The summed E-state index contributed by atoms with van der Waals surface area (Å²) in [4.78, 5) is 37.8. The van der Waals surface area contributed by atoms with Crippen LogP contribution in [0.25, 0.3) is 0 Å². The quantitative estimate of drug-likeness (QED) is 0.632. The van der Waals surface area contributed by atoms with Gasteiger partial charge in [-0.15, -0.1) is 0 Å². The van der Waals surface area contributed by atoms with Crippen molar-refractivity contribution in [1.82, 2.24) is 10.6 Å². The maximum absolute atomic E-state index is 12.8. The van der Waals surface area contributed by atoms with Crippen LogP contribution in [-0.2, 0) is 9.59 Å². The molecule has 1 aliphatic rings. The van der Waals surface area contributed by atoms with Gasteiger partial charge >= 0.3 is 0 Å². The zero-order valence-corrected chi connectivity index (χ0v) is 18.0. The number of ether oxygens (including phenoxy) is 2. The molecule has 8 nitrogen and oxygen atoms in total. The number of amides is 3. The third-order valence-corrected chi connectivity index (χ3v) is 5.19. The van der Waals surface area contributed by atoms with Crippen LogP contribution in [0.5, 0.6) is 11.5 Å². The summed E-state index contributed by atoms with van der Waals surface area (Å²) in [6.45, 7) is 3.97. The first-order valence-corrected chi connectivity index (χ1v) is 10.1. The predicted molar refractivity (Wildman–Crippen MR) is 116 cm³/mol. The lowest BCUT2D eigenvalue weighted by Crippen LogP contribution is -2.45. The number of para-hydroxylation sites is 1. The van der Waals surface area contributed by atoms with E-state index < -0.39 is 17.9 Å². The molecule has 3 N–H and O–H groups in total. The highest BCUT2D eigenvalue weighted by atomic mass is 16.5. The number of anilines is 1. The maximum Gasteiger partial charge on any atom is 0.254 e. The van der Waals surface area contributed by atoms with Gasteiger partial charge in [0, 0.05) is 0 Å². The van der Waals surface area contributed by atoms with Crippen molar-refractivity contribution in [2.45, 2.75) is 32.4 Å². The number of methoxy groups -OCH3 is 2. The normalized spacial score (nSPS) is 16.5. The van der Waals surface area contributed by atoms with Crippen molar-refractivity contribution in [3.63, 3.8) is 0 Å². The summed E-state index contributed by atoms with van der Waals surface area (Å²) in [5.74, 6) is 0.0574. The first-order chi connectivity index (χ1) is 14.8. The Kier molecular flexibility index (Phi) is 6.79. The summed E-state index contributed by atoms with van der Waals surface area (Å²) in [7, 11) is 3.11. The highest BCUT2D eigenvalue weighted by Crippen LogP contribution is 2.32. The molecule has 2 aromatic carbocycles. The number of fused-ring (bicyclic) bond motifs is 1. The molecule has 8 heteroatoms. The molecule has 2 aromatic rings. The van der Waals surface area contributed by atoms with Crippen molar-refractivity contribution in [3.8, 4) is 11.5 Å². The fraction of sp³-hybridized carbons (Fsp3) is 0.348. The third kappa shape index (κ3) is 4.96.